The quantitative estimate of drug-likeness (QED) is 0.835. The molecule has 1 fully saturated rings. The van der Waals surface area contributed by atoms with E-state index in [1.54, 1.807) is 12.1 Å². The summed E-state index contributed by atoms with van der Waals surface area (Å²) in [7, 11) is -0.149. The largest absolute Gasteiger partial charge is 0.508 e. The summed E-state index contributed by atoms with van der Waals surface area (Å²) in [5.74, 6) is 0.300. The van der Waals surface area contributed by atoms with Crippen molar-refractivity contribution in [1.29, 1.82) is 0 Å². The highest BCUT2D eigenvalue weighted by atomic mass is 16.7. The van der Waals surface area contributed by atoms with E-state index in [0.29, 0.717) is 5.75 Å². The summed E-state index contributed by atoms with van der Waals surface area (Å²) in [5.41, 5.74) is 0.668. The van der Waals surface area contributed by atoms with Gasteiger partial charge >= 0.3 is 7.12 Å². The first-order chi connectivity index (χ1) is 8.30. The Balaban J connectivity index is 1.91. The van der Waals surface area contributed by atoms with E-state index < -0.39 is 0 Å². The van der Waals surface area contributed by atoms with E-state index >= 15 is 0 Å². The van der Waals surface area contributed by atoms with Crippen molar-refractivity contribution in [2.75, 3.05) is 0 Å². The summed E-state index contributed by atoms with van der Waals surface area (Å²) in [6.07, 6.45) is 1.72. The van der Waals surface area contributed by atoms with E-state index in [1.165, 1.54) is 5.56 Å². The molecular weight excluding hydrogens is 227 g/mol. The predicted octanol–water partition coefficient (Wildman–Crippen LogP) is 3.03. The highest BCUT2D eigenvalue weighted by Gasteiger charge is 2.50. The highest BCUT2D eigenvalue weighted by molar-refractivity contribution is 6.45. The Bertz CT molecular complexity index is 396. The molecule has 0 amide bonds. The lowest BCUT2D eigenvalue weighted by molar-refractivity contribution is 0.00578. The smallest absolute Gasteiger partial charge is 0.458 e. The van der Waals surface area contributed by atoms with Crippen LogP contribution in [0.4, 0.5) is 0 Å². The molecule has 1 saturated heterocycles. The minimum Gasteiger partial charge on any atom is -0.508 e. The maximum absolute atomic E-state index is 9.22. The molecule has 0 bridgehead atoms. The summed E-state index contributed by atoms with van der Waals surface area (Å²) in [5, 5.41) is 9.22. The van der Waals surface area contributed by atoms with Gasteiger partial charge in [-0.15, -0.1) is 0 Å². The average molecular weight is 248 g/mol. The van der Waals surface area contributed by atoms with Crippen LogP contribution in [0.3, 0.4) is 0 Å². The first-order valence-corrected chi connectivity index (χ1v) is 6.44. The Kier molecular flexibility index (Phi) is 3.43. The van der Waals surface area contributed by atoms with Crippen LogP contribution in [-0.4, -0.2) is 23.4 Å². The summed E-state index contributed by atoms with van der Waals surface area (Å²) in [4.78, 5) is 0. The number of hydrogen-bond acceptors (Lipinski definition) is 3. The maximum Gasteiger partial charge on any atom is 0.458 e. The Morgan fingerprint density at radius 1 is 1.00 bits per heavy atom. The summed E-state index contributed by atoms with van der Waals surface area (Å²) >= 11 is 0. The van der Waals surface area contributed by atoms with Crippen molar-refractivity contribution in [3.63, 3.8) is 0 Å². The van der Waals surface area contributed by atoms with E-state index in [-0.39, 0.29) is 18.3 Å². The fourth-order valence-electron chi connectivity index (χ4n) is 2.03. The standard InChI is InChI=1S/C14H21BO3/c1-13(2)14(3,4)18-15(17-13)10-9-11-5-7-12(16)8-6-11/h5-8,16H,9-10H2,1-4H3. The van der Waals surface area contributed by atoms with Crippen molar-refractivity contribution in [2.45, 2.75) is 51.6 Å². The van der Waals surface area contributed by atoms with Crippen molar-refractivity contribution < 1.29 is 14.4 Å². The number of rotatable bonds is 3. The molecule has 0 radical (unpaired) electrons. The number of benzene rings is 1. The van der Waals surface area contributed by atoms with Gasteiger partial charge in [-0.3, -0.25) is 0 Å². The molecule has 1 aromatic rings. The number of aromatic hydroxyl groups is 1. The molecule has 2 rings (SSSR count). The molecule has 1 aromatic carbocycles. The molecule has 1 aliphatic rings. The van der Waals surface area contributed by atoms with Gasteiger partial charge in [-0.2, -0.15) is 0 Å². The van der Waals surface area contributed by atoms with E-state index in [2.05, 4.69) is 27.7 Å². The van der Waals surface area contributed by atoms with Crippen molar-refractivity contribution >= 4 is 7.12 Å². The highest BCUT2D eigenvalue weighted by Crippen LogP contribution is 2.37. The second-order valence-electron chi connectivity index (χ2n) is 5.89. The van der Waals surface area contributed by atoms with E-state index in [4.69, 9.17) is 9.31 Å². The van der Waals surface area contributed by atoms with Gasteiger partial charge < -0.3 is 14.4 Å². The van der Waals surface area contributed by atoms with Crippen LogP contribution in [0.2, 0.25) is 6.32 Å². The molecule has 18 heavy (non-hydrogen) atoms. The van der Waals surface area contributed by atoms with Crippen molar-refractivity contribution in [2.24, 2.45) is 0 Å². The molecule has 98 valence electrons. The van der Waals surface area contributed by atoms with Crippen molar-refractivity contribution in [3.8, 4) is 5.75 Å². The van der Waals surface area contributed by atoms with Crippen LogP contribution in [0.25, 0.3) is 0 Å². The molecule has 3 nitrogen and oxygen atoms in total. The minimum atomic E-state index is -0.257. The van der Waals surface area contributed by atoms with Crippen molar-refractivity contribution in [1.82, 2.24) is 0 Å². The summed E-state index contributed by atoms with van der Waals surface area (Å²) < 4.78 is 11.9. The van der Waals surface area contributed by atoms with E-state index in [1.807, 2.05) is 12.1 Å². The topological polar surface area (TPSA) is 38.7 Å². The number of aryl methyl sites for hydroxylation is 1. The van der Waals surface area contributed by atoms with E-state index in [0.717, 1.165) is 12.7 Å². The molecule has 1 heterocycles. The summed E-state index contributed by atoms with van der Waals surface area (Å²) in [6, 6.07) is 7.28. The molecule has 1 aliphatic heterocycles. The van der Waals surface area contributed by atoms with Gasteiger partial charge in [0.15, 0.2) is 0 Å². The first-order valence-electron chi connectivity index (χ1n) is 6.44. The van der Waals surface area contributed by atoms with Crippen molar-refractivity contribution in [3.05, 3.63) is 29.8 Å². The van der Waals surface area contributed by atoms with Crippen LogP contribution in [-0.2, 0) is 15.7 Å². The SMILES string of the molecule is CC1(C)OB(CCc2ccc(O)cc2)OC1(C)C. The molecule has 0 aliphatic carbocycles. The van der Waals surface area contributed by atoms with Crippen LogP contribution in [0, 0.1) is 0 Å². The molecule has 0 atom stereocenters. The zero-order valence-electron chi connectivity index (χ0n) is 11.6. The third-order valence-corrected chi connectivity index (χ3v) is 3.91. The van der Waals surface area contributed by atoms with Gasteiger partial charge in [0.1, 0.15) is 5.75 Å². The Hall–Kier alpha value is -0.995. The molecule has 0 saturated carbocycles. The molecule has 4 heteroatoms. The fraction of sp³-hybridized carbons (Fsp3) is 0.571. The van der Waals surface area contributed by atoms with Gasteiger partial charge in [0.2, 0.25) is 0 Å². The fourth-order valence-corrected chi connectivity index (χ4v) is 2.03. The molecule has 0 spiro atoms. The van der Waals surface area contributed by atoms with Gasteiger partial charge in [0.25, 0.3) is 0 Å². The van der Waals surface area contributed by atoms with Crippen LogP contribution < -0.4 is 0 Å². The average Bonchev–Trinajstić information content (AvgIpc) is 2.47. The van der Waals surface area contributed by atoms with Gasteiger partial charge in [-0.1, -0.05) is 12.1 Å². The Labute approximate surface area is 109 Å². The lowest BCUT2D eigenvalue weighted by atomic mass is 9.81. The minimum absolute atomic E-state index is 0.149. The monoisotopic (exact) mass is 248 g/mol. The zero-order valence-corrected chi connectivity index (χ0v) is 11.6. The Morgan fingerprint density at radius 2 is 1.50 bits per heavy atom. The van der Waals surface area contributed by atoms with Gasteiger partial charge in [0, 0.05) is 0 Å². The van der Waals surface area contributed by atoms with Crippen LogP contribution >= 0.6 is 0 Å². The normalized spacial score (nSPS) is 21.2. The third kappa shape index (κ3) is 2.70. The lowest BCUT2D eigenvalue weighted by Gasteiger charge is -2.32. The second kappa shape index (κ2) is 4.59. The Morgan fingerprint density at radius 3 is 2.00 bits per heavy atom. The number of phenols is 1. The number of hydrogen-bond donors (Lipinski definition) is 1. The summed E-state index contributed by atoms with van der Waals surface area (Å²) in [6.45, 7) is 8.25. The molecule has 1 N–H and O–H groups in total. The number of phenolic OH excluding ortho intramolecular Hbond substituents is 1. The molecule has 0 aromatic heterocycles. The first kappa shape index (κ1) is 13.4. The molecule has 0 unspecified atom stereocenters. The zero-order chi connectivity index (χ0) is 13.4. The lowest BCUT2D eigenvalue weighted by Crippen LogP contribution is -2.41. The second-order valence-corrected chi connectivity index (χ2v) is 5.89. The van der Waals surface area contributed by atoms with Crippen LogP contribution in [0.1, 0.15) is 33.3 Å². The van der Waals surface area contributed by atoms with E-state index in [9.17, 15) is 5.11 Å². The maximum atomic E-state index is 9.22. The van der Waals surface area contributed by atoms with Crippen LogP contribution in [0.15, 0.2) is 24.3 Å². The van der Waals surface area contributed by atoms with Gasteiger partial charge in [0.05, 0.1) is 11.2 Å². The van der Waals surface area contributed by atoms with Crippen LogP contribution in [0.5, 0.6) is 5.75 Å². The van der Waals surface area contributed by atoms with Gasteiger partial charge in [-0.05, 0) is 58.1 Å². The molecular formula is C14H21BO3. The van der Waals surface area contributed by atoms with Gasteiger partial charge in [-0.25, -0.2) is 0 Å². The third-order valence-electron chi connectivity index (χ3n) is 3.91. The predicted molar refractivity (Wildman–Crippen MR) is 72.7 cm³/mol.